The molecule has 0 aliphatic rings. The van der Waals surface area contributed by atoms with Crippen molar-refractivity contribution >= 4 is 23.6 Å². The molecular weight excluding hydrogens is 306 g/mol. The van der Waals surface area contributed by atoms with E-state index in [1.807, 2.05) is 5.32 Å². The fourth-order valence-electron chi connectivity index (χ4n) is 1.43. The minimum atomic E-state index is -2.14. The molecule has 0 aromatic rings. The van der Waals surface area contributed by atoms with Crippen LogP contribution in [0.3, 0.4) is 0 Å². The number of amides is 1. The number of rotatable bonds is 10. The van der Waals surface area contributed by atoms with Gasteiger partial charge in [0.15, 0.2) is 6.10 Å². The molecule has 0 rings (SSSR count). The van der Waals surface area contributed by atoms with Gasteiger partial charge in [0.1, 0.15) is 24.4 Å². The molecule has 21 heavy (non-hydrogen) atoms. The first kappa shape index (κ1) is 20.1. The second kappa shape index (κ2) is 9.92. The standard InChI is InChI=1S/C11H21NO8S/c1-21-3-2-5(11(19)20)12-10(18)9(17)8(16)7(15)6(14)4-13/h5-9,13-17H,2-4H2,1H3,(H,12,18)(H,19,20)/t5-,6+,7+,8-,9+/m0/s1. The van der Waals surface area contributed by atoms with E-state index >= 15 is 0 Å². The zero-order chi connectivity index (χ0) is 16.6. The first-order chi connectivity index (χ1) is 9.76. The Morgan fingerprint density at radius 3 is 2.14 bits per heavy atom. The molecule has 5 atom stereocenters. The quantitative estimate of drug-likeness (QED) is 0.218. The lowest BCUT2D eigenvalue weighted by Crippen LogP contribution is -2.54. The summed E-state index contributed by atoms with van der Waals surface area (Å²) in [6.45, 7) is -0.877. The van der Waals surface area contributed by atoms with Crippen molar-refractivity contribution in [3.8, 4) is 0 Å². The van der Waals surface area contributed by atoms with Gasteiger partial charge in [0.25, 0.3) is 5.91 Å². The van der Waals surface area contributed by atoms with E-state index in [2.05, 4.69) is 0 Å². The zero-order valence-corrected chi connectivity index (χ0v) is 12.2. The van der Waals surface area contributed by atoms with Gasteiger partial charge in [0, 0.05) is 0 Å². The molecule has 0 unspecified atom stereocenters. The lowest BCUT2D eigenvalue weighted by molar-refractivity contribution is -0.153. The molecular formula is C11H21NO8S. The summed E-state index contributed by atoms with van der Waals surface area (Å²) in [5.74, 6) is -2.03. The van der Waals surface area contributed by atoms with Gasteiger partial charge in [0.05, 0.1) is 6.61 Å². The van der Waals surface area contributed by atoms with E-state index < -0.39 is 48.9 Å². The molecule has 10 heteroatoms. The van der Waals surface area contributed by atoms with Gasteiger partial charge in [-0.1, -0.05) is 0 Å². The predicted molar refractivity (Wildman–Crippen MR) is 73.7 cm³/mol. The van der Waals surface area contributed by atoms with Gasteiger partial charge in [-0.3, -0.25) is 4.79 Å². The first-order valence-corrected chi connectivity index (χ1v) is 7.50. The molecule has 0 fully saturated rings. The highest BCUT2D eigenvalue weighted by atomic mass is 32.2. The SMILES string of the molecule is CSCC[C@H](NC(=O)[C@H](O)[C@@H](O)[C@H](O)[C@H](O)CO)C(=O)O. The van der Waals surface area contributed by atoms with Gasteiger partial charge < -0.3 is 36.0 Å². The molecule has 0 saturated heterocycles. The average Bonchev–Trinajstić information content (AvgIpc) is 2.47. The van der Waals surface area contributed by atoms with Crippen molar-refractivity contribution in [3.05, 3.63) is 0 Å². The number of hydrogen-bond donors (Lipinski definition) is 7. The van der Waals surface area contributed by atoms with Crippen LogP contribution in [0.5, 0.6) is 0 Å². The van der Waals surface area contributed by atoms with Crippen LogP contribution in [0.1, 0.15) is 6.42 Å². The topological polar surface area (TPSA) is 168 Å². The molecule has 7 N–H and O–H groups in total. The molecule has 0 radical (unpaired) electrons. The van der Waals surface area contributed by atoms with Crippen molar-refractivity contribution in [2.45, 2.75) is 36.9 Å². The van der Waals surface area contributed by atoms with Crippen LogP contribution in [0, 0.1) is 0 Å². The minimum absolute atomic E-state index is 0.118. The fraction of sp³-hybridized carbons (Fsp3) is 0.818. The van der Waals surface area contributed by atoms with Crippen LogP contribution in [0.4, 0.5) is 0 Å². The Hall–Kier alpha value is -0.910. The van der Waals surface area contributed by atoms with E-state index in [-0.39, 0.29) is 6.42 Å². The number of carboxylic acid groups (broad SMARTS) is 1. The normalized spacial score (nSPS) is 18.4. The molecule has 0 aliphatic carbocycles. The number of aliphatic carboxylic acids is 1. The van der Waals surface area contributed by atoms with Crippen molar-refractivity contribution in [2.75, 3.05) is 18.6 Å². The Morgan fingerprint density at radius 1 is 1.14 bits per heavy atom. The first-order valence-electron chi connectivity index (χ1n) is 6.11. The summed E-state index contributed by atoms with van der Waals surface area (Å²) >= 11 is 1.37. The van der Waals surface area contributed by atoms with Gasteiger partial charge >= 0.3 is 5.97 Å². The van der Waals surface area contributed by atoms with E-state index in [4.69, 9.17) is 15.3 Å². The Labute approximate surface area is 125 Å². The number of thioether (sulfide) groups is 1. The zero-order valence-electron chi connectivity index (χ0n) is 11.4. The molecule has 0 spiro atoms. The van der Waals surface area contributed by atoms with Crippen LogP contribution in [-0.4, -0.2) is 91.6 Å². The average molecular weight is 327 g/mol. The van der Waals surface area contributed by atoms with Crippen LogP contribution in [0.15, 0.2) is 0 Å². The van der Waals surface area contributed by atoms with Crippen LogP contribution in [0.2, 0.25) is 0 Å². The van der Waals surface area contributed by atoms with Crippen LogP contribution in [0.25, 0.3) is 0 Å². The maximum atomic E-state index is 11.6. The highest BCUT2D eigenvalue weighted by Gasteiger charge is 2.35. The maximum absolute atomic E-state index is 11.6. The predicted octanol–water partition coefficient (Wildman–Crippen LogP) is -3.26. The molecule has 0 aliphatic heterocycles. The van der Waals surface area contributed by atoms with Crippen LogP contribution in [-0.2, 0) is 9.59 Å². The lowest BCUT2D eigenvalue weighted by Gasteiger charge is -2.25. The van der Waals surface area contributed by atoms with Crippen molar-refractivity contribution < 1.29 is 40.2 Å². The highest BCUT2D eigenvalue weighted by Crippen LogP contribution is 2.07. The minimum Gasteiger partial charge on any atom is -0.480 e. The summed E-state index contributed by atoms with van der Waals surface area (Å²) < 4.78 is 0. The van der Waals surface area contributed by atoms with E-state index in [9.17, 15) is 24.9 Å². The van der Waals surface area contributed by atoms with Crippen LogP contribution < -0.4 is 5.32 Å². The molecule has 0 aromatic carbocycles. The molecule has 124 valence electrons. The third-order valence-corrected chi connectivity index (χ3v) is 3.39. The molecule has 0 heterocycles. The highest BCUT2D eigenvalue weighted by molar-refractivity contribution is 7.98. The van der Waals surface area contributed by atoms with Crippen LogP contribution >= 0.6 is 11.8 Å². The summed E-state index contributed by atoms with van der Waals surface area (Å²) in [6.07, 6.45) is -6.03. The number of aliphatic hydroxyl groups excluding tert-OH is 5. The van der Waals surface area contributed by atoms with Crippen molar-refractivity contribution in [1.82, 2.24) is 5.32 Å². The number of aliphatic hydroxyl groups is 5. The van der Waals surface area contributed by atoms with E-state index in [0.717, 1.165) is 0 Å². The Morgan fingerprint density at radius 2 is 1.71 bits per heavy atom. The Bertz CT molecular complexity index is 342. The molecule has 9 nitrogen and oxygen atoms in total. The Balaban J connectivity index is 4.64. The van der Waals surface area contributed by atoms with E-state index in [1.54, 1.807) is 6.26 Å². The smallest absolute Gasteiger partial charge is 0.326 e. The summed E-state index contributed by atoms with van der Waals surface area (Å²) in [4.78, 5) is 22.6. The van der Waals surface area contributed by atoms with E-state index in [0.29, 0.717) is 5.75 Å². The van der Waals surface area contributed by atoms with E-state index in [1.165, 1.54) is 11.8 Å². The monoisotopic (exact) mass is 327 g/mol. The summed E-state index contributed by atoms with van der Waals surface area (Å²) in [6, 6.07) is -1.24. The van der Waals surface area contributed by atoms with Crippen molar-refractivity contribution in [2.24, 2.45) is 0 Å². The van der Waals surface area contributed by atoms with Gasteiger partial charge in [0.2, 0.25) is 0 Å². The number of hydrogen-bond acceptors (Lipinski definition) is 8. The lowest BCUT2D eigenvalue weighted by atomic mass is 10.0. The summed E-state index contributed by atoms with van der Waals surface area (Å²) in [5.41, 5.74) is 0. The number of carbonyl (C=O) groups is 2. The largest absolute Gasteiger partial charge is 0.480 e. The van der Waals surface area contributed by atoms with Gasteiger partial charge in [-0.15, -0.1) is 0 Å². The van der Waals surface area contributed by atoms with Crippen molar-refractivity contribution in [1.29, 1.82) is 0 Å². The molecule has 0 aromatic heterocycles. The van der Waals surface area contributed by atoms with Gasteiger partial charge in [-0.05, 0) is 18.4 Å². The fourth-order valence-corrected chi connectivity index (χ4v) is 1.90. The van der Waals surface area contributed by atoms with Gasteiger partial charge in [-0.25, -0.2) is 4.79 Å². The summed E-state index contributed by atoms with van der Waals surface area (Å²) in [7, 11) is 0. The molecule has 0 bridgehead atoms. The van der Waals surface area contributed by atoms with Crippen molar-refractivity contribution in [3.63, 3.8) is 0 Å². The number of carbonyl (C=O) groups excluding carboxylic acids is 1. The molecule has 1 amide bonds. The second-order valence-corrected chi connectivity index (χ2v) is 5.34. The van der Waals surface area contributed by atoms with Gasteiger partial charge in [-0.2, -0.15) is 11.8 Å². The third kappa shape index (κ3) is 6.59. The second-order valence-electron chi connectivity index (χ2n) is 4.36. The number of carboxylic acids is 1. The molecule has 0 saturated carbocycles. The third-order valence-electron chi connectivity index (χ3n) is 2.75. The Kier molecular flexibility index (Phi) is 9.49. The summed E-state index contributed by atoms with van der Waals surface area (Å²) in [5, 5.41) is 57.1. The number of nitrogens with one attached hydrogen (secondary N) is 1. The maximum Gasteiger partial charge on any atom is 0.326 e.